The van der Waals surface area contributed by atoms with E-state index in [4.69, 9.17) is 0 Å². The Balaban J connectivity index is 2.68. The molecular formula is C13H26N2O2S. The summed E-state index contributed by atoms with van der Waals surface area (Å²) in [6.45, 7) is 8.76. The fraction of sp³-hybridized carbons (Fsp3) is 0.923. The number of carbonyl (C=O) groups is 1. The van der Waals surface area contributed by atoms with E-state index in [-0.39, 0.29) is 17.3 Å². The van der Waals surface area contributed by atoms with Crippen molar-refractivity contribution in [3.63, 3.8) is 0 Å². The molecule has 4 nitrogen and oxygen atoms in total. The van der Waals surface area contributed by atoms with Gasteiger partial charge < -0.3 is 4.90 Å². The average molecular weight is 274 g/mol. The molecule has 1 aliphatic heterocycles. The van der Waals surface area contributed by atoms with Gasteiger partial charge in [0, 0.05) is 28.9 Å². The van der Waals surface area contributed by atoms with E-state index >= 15 is 0 Å². The van der Waals surface area contributed by atoms with Crippen molar-refractivity contribution < 1.29 is 9.00 Å². The molecule has 0 spiro atoms. The molecule has 106 valence electrons. The van der Waals surface area contributed by atoms with E-state index in [0.29, 0.717) is 6.54 Å². The maximum atomic E-state index is 12.4. The summed E-state index contributed by atoms with van der Waals surface area (Å²) in [7, 11) is -0.814. The Hall–Kier alpha value is -0.420. The van der Waals surface area contributed by atoms with Crippen LogP contribution in [0.1, 0.15) is 47.0 Å². The van der Waals surface area contributed by atoms with Crippen LogP contribution in [0.2, 0.25) is 0 Å². The smallest absolute Gasteiger partial charge is 0.243 e. The molecule has 4 unspecified atom stereocenters. The molecule has 5 heteroatoms. The second kappa shape index (κ2) is 6.15. The zero-order valence-corrected chi connectivity index (χ0v) is 13.0. The van der Waals surface area contributed by atoms with E-state index in [9.17, 15) is 9.00 Å². The van der Waals surface area contributed by atoms with Gasteiger partial charge in [0.25, 0.3) is 0 Å². The van der Waals surface area contributed by atoms with Crippen molar-refractivity contribution in [3.8, 4) is 0 Å². The second-order valence-electron chi connectivity index (χ2n) is 5.35. The molecule has 0 aromatic heterocycles. The Morgan fingerprint density at radius 1 is 1.50 bits per heavy atom. The normalized spacial score (nSPS) is 31.7. The first-order valence-corrected chi connectivity index (χ1v) is 8.38. The van der Waals surface area contributed by atoms with Crippen LogP contribution in [0.15, 0.2) is 0 Å². The van der Waals surface area contributed by atoms with Gasteiger partial charge in [-0.2, -0.15) is 0 Å². The van der Waals surface area contributed by atoms with Gasteiger partial charge in [-0.1, -0.05) is 20.8 Å². The minimum absolute atomic E-state index is 0.125. The lowest BCUT2D eigenvalue weighted by Gasteiger charge is -2.24. The van der Waals surface area contributed by atoms with Crippen LogP contribution in [0.4, 0.5) is 0 Å². The van der Waals surface area contributed by atoms with Crippen molar-refractivity contribution in [1.82, 2.24) is 10.2 Å². The van der Waals surface area contributed by atoms with E-state index in [1.165, 1.54) is 0 Å². The Morgan fingerprint density at radius 3 is 2.56 bits per heavy atom. The maximum Gasteiger partial charge on any atom is 0.243 e. The van der Waals surface area contributed by atoms with Crippen molar-refractivity contribution in [2.75, 3.05) is 12.8 Å². The van der Waals surface area contributed by atoms with Gasteiger partial charge in [-0.3, -0.25) is 14.3 Å². The van der Waals surface area contributed by atoms with Crippen LogP contribution in [-0.4, -0.2) is 44.8 Å². The van der Waals surface area contributed by atoms with Gasteiger partial charge in [0.15, 0.2) is 0 Å². The molecule has 4 atom stereocenters. The van der Waals surface area contributed by atoms with Crippen LogP contribution in [0.25, 0.3) is 0 Å². The van der Waals surface area contributed by atoms with Gasteiger partial charge in [-0.25, -0.2) is 0 Å². The molecule has 1 saturated heterocycles. The first kappa shape index (κ1) is 15.6. The topological polar surface area (TPSA) is 49.4 Å². The van der Waals surface area contributed by atoms with Crippen molar-refractivity contribution in [2.24, 2.45) is 0 Å². The van der Waals surface area contributed by atoms with E-state index in [0.717, 1.165) is 19.3 Å². The van der Waals surface area contributed by atoms with Crippen LogP contribution in [-0.2, 0) is 15.6 Å². The SMILES string of the molecule is CCC1NC(C)(CC)C(=O)N1CCC(C)S(C)=O. The number of nitrogens with zero attached hydrogens (tertiary/aromatic N) is 1. The average Bonchev–Trinajstić information content (AvgIpc) is 2.59. The zero-order chi connectivity index (χ0) is 13.9. The summed E-state index contributed by atoms with van der Waals surface area (Å²) >= 11 is 0. The molecule has 1 amide bonds. The van der Waals surface area contributed by atoms with Gasteiger partial charge in [0.2, 0.25) is 5.91 Å². The molecule has 0 radical (unpaired) electrons. The summed E-state index contributed by atoms with van der Waals surface area (Å²) in [5, 5.41) is 3.56. The van der Waals surface area contributed by atoms with Gasteiger partial charge in [-0.05, 0) is 26.2 Å². The lowest BCUT2D eigenvalue weighted by atomic mass is 9.99. The number of amides is 1. The number of hydrogen-bond donors (Lipinski definition) is 1. The van der Waals surface area contributed by atoms with E-state index in [1.807, 2.05) is 25.7 Å². The fourth-order valence-electron chi connectivity index (χ4n) is 2.29. The molecule has 18 heavy (non-hydrogen) atoms. The van der Waals surface area contributed by atoms with Crippen molar-refractivity contribution >= 4 is 16.7 Å². The summed E-state index contributed by atoms with van der Waals surface area (Å²) in [5.41, 5.74) is -0.421. The summed E-state index contributed by atoms with van der Waals surface area (Å²) in [6, 6.07) is 0. The van der Waals surface area contributed by atoms with Crippen molar-refractivity contribution in [2.45, 2.75) is 63.9 Å². The highest BCUT2D eigenvalue weighted by Crippen LogP contribution is 2.25. The molecule has 0 bridgehead atoms. The van der Waals surface area contributed by atoms with Crippen molar-refractivity contribution in [1.29, 1.82) is 0 Å². The van der Waals surface area contributed by atoms with Crippen LogP contribution in [0.3, 0.4) is 0 Å². The molecule has 1 aliphatic rings. The van der Waals surface area contributed by atoms with E-state index in [1.54, 1.807) is 6.26 Å². The first-order chi connectivity index (χ1) is 8.35. The van der Waals surface area contributed by atoms with Crippen LogP contribution in [0, 0.1) is 0 Å². The van der Waals surface area contributed by atoms with Crippen LogP contribution >= 0.6 is 0 Å². The van der Waals surface area contributed by atoms with Crippen LogP contribution in [0.5, 0.6) is 0 Å². The number of hydrogen-bond acceptors (Lipinski definition) is 3. The summed E-state index contributed by atoms with van der Waals surface area (Å²) in [6.07, 6.45) is 4.36. The van der Waals surface area contributed by atoms with Gasteiger partial charge in [0.05, 0.1) is 11.7 Å². The molecular weight excluding hydrogens is 248 g/mol. The highest BCUT2D eigenvalue weighted by Gasteiger charge is 2.45. The lowest BCUT2D eigenvalue weighted by molar-refractivity contribution is -0.133. The van der Waals surface area contributed by atoms with Gasteiger partial charge in [0.1, 0.15) is 0 Å². The molecule has 0 saturated carbocycles. The standard InChI is InChI=1S/C13H26N2O2S/c1-6-11-14-13(4,7-2)12(16)15(11)9-8-10(3)18(5)17/h10-11,14H,6-9H2,1-5H3. The lowest BCUT2D eigenvalue weighted by Crippen LogP contribution is -2.43. The highest BCUT2D eigenvalue weighted by atomic mass is 32.2. The molecule has 1 rings (SSSR count). The van der Waals surface area contributed by atoms with E-state index < -0.39 is 16.3 Å². The summed E-state index contributed by atoms with van der Waals surface area (Å²) < 4.78 is 11.4. The van der Waals surface area contributed by atoms with Crippen LogP contribution < -0.4 is 5.32 Å². The zero-order valence-electron chi connectivity index (χ0n) is 12.2. The maximum absolute atomic E-state index is 12.4. The number of nitrogens with one attached hydrogen (secondary N) is 1. The summed E-state index contributed by atoms with van der Waals surface area (Å²) in [5.74, 6) is 0.186. The molecule has 0 aliphatic carbocycles. The minimum Gasteiger partial charge on any atom is -0.326 e. The molecule has 0 aromatic rings. The van der Waals surface area contributed by atoms with Crippen molar-refractivity contribution in [3.05, 3.63) is 0 Å². The Bertz CT molecular complexity index is 335. The Morgan fingerprint density at radius 2 is 2.11 bits per heavy atom. The summed E-state index contributed by atoms with van der Waals surface area (Å²) in [4.78, 5) is 14.3. The Labute approximate surface area is 113 Å². The van der Waals surface area contributed by atoms with E-state index in [2.05, 4.69) is 12.2 Å². The molecule has 1 fully saturated rings. The molecule has 1 N–H and O–H groups in total. The number of rotatable bonds is 6. The number of carbonyl (C=O) groups excluding carboxylic acids is 1. The predicted octanol–water partition coefficient (Wildman–Crippen LogP) is 1.48. The first-order valence-electron chi connectivity index (χ1n) is 6.76. The predicted molar refractivity (Wildman–Crippen MR) is 75.8 cm³/mol. The molecule has 0 aromatic carbocycles. The quantitative estimate of drug-likeness (QED) is 0.798. The fourth-order valence-corrected chi connectivity index (χ4v) is 2.72. The molecule has 1 heterocycles. The third-order valence-corrected chi connectivity index (χ3v) is 5.40. The monoisotopic (exact) mass is 274 g/mol. The Kier molecular flexibility index (Phi) is 5.34. The largest absolute Gasteiger partial charge is 0.326 e. The van der Waals surface area contributed by atoms with Gasteiger partial charge >= 0.3 is 0 Å². The van der Waals surface area contributed by atoms with Gasteiger partial charge in [-0.15, -0.1) is 0 Å². The third-order valence-electron chi connectivity index (χ3n) is 4.03. The minimum atomic E-state index is -0.814. The highest BCUT2D eigenvalue weighted by molar-refractivity contribution is 7.84. The second-order valence-corrected chi connectivity index (χ2v) is 7.15. The third kappa shape index (κ3) is 3.12.